The molecule has 3 N–H and O–H groups in total. The van der Waals surface area contributed by atoms with Gasteiger partial charge in [-0.3, -0.25) is 0 Å². The molecule has 0 aliphatic heterocycles. The highest BCUT2D eigenvalue weighted by Crippen LogP contribution is 2.33. The zero-order chi connectivity index (χ0) is 11.7. The number of nitrogens with zero attached hydrogens (tertiary/aromatic N) is 1. The Labute approximate surface area is 112 Å². The highest BCUT2D eigenvalue weighted by atomic mass is 79.9. The Morgan fingerprint density at radius 1 is 1.38 bits per heavy atom. The number of hydrogen-bond acceptors (Lipinski definition) is 1. The van der Waals surface area contributed by atoms with Gasteiger partial charge in [0.1, 0.15) is 0 Å². The molecule has 1 aliphatic rings. The zero-order valence-corrected chi connectivity index (χ0v) is 11.4. The van der Waals surface area contributed by atoms with Crippen molar-refractivity contribution in [3.05, 3.63) is 26.7 Å². The van der Waals surface area contributed by atoms with E-state index in [1.165, 1.54) is 0 Å². The lowest BCUT2D eigenvalue weighted by atomic mass is 10.3. The van der Waals surface area contributed by atoms with E-state index in [1.807, 2.05) is 0 Å². The van der Waals surface area contributed by atoms with E-state index in [0.717, 1.165) is 17.3 Å². The van der Waals surface area contributed by atoms with E-state index >= 15 is 0 Å². The summed E-state index contributed by atoms with van der Waals surface area (Å²) in [5.74, 6) is 0.355. The van der Waals surface area contributed by atoms with E-state index in [1.54, 1.807) is 12.1 Å². The van der Waals surface area contributed by atoms with Gasteiger partial charge in [-0.2, -0.15) is 0 Å². The molecule has 3 nitrogen and oxygen atoms in total. The molecule has 2 rings (SSSR count). The van der Waals surface area contributed by atoms with Crippen LogP contribution in [0.25, 0.3) is 0 Å². The van der Waals surface area contributed by atoms with Crippen LogP contribution in [-0.2, 0) is 0 Å². The molecule has 0 spiro atoms. The number of guanidine groups is 1. The van der Waals surface area contributed by atoms with Crippen molar-refractivity contribution in [2.75, 3.05) is 5.32 Å². The molecule has 16 heavy (non-hydrogen) atoms. The van der Waals surface area contributed by atoms with E-state index in [9.17, 15) is 0 Å². The average Bonchev–Trinajstić information content (AvgIpc) is 2.95. The summed E-state index contributed by atoms with van der Waals surface area (Å²) in [5.41, 5.74) is 6.32. The third-order valence-electron chi connectivity index (χ3n) is 2.13. The van der Waals surface area contributed by atoms with Crippen LogP contribution < -0.4 is 11.1 Å². The fourth-order valence-electron chi connectivity index (χ4n) is 1.22. The normalized spacial score (nSPS) is 16.3. The first-order valence-corrected chi connectivity index (χ1v) is 6.36. The maximum absolute atomic E-state index is 6.04. The number of rotatable bonds is 2. The van der Waals surface area contributed by atoms with Crippen LogP contribution in [0.5, 0.6) is 0 Å². The van der Waals surface area contributed by atoms with Crippen molar-refractivity contribution in [3.63, 3.8) is 0 Å². The fourth-order valence-corrected chi connectivity index (χ4v) is 2.53. The molecule has 0 radical (unpaired) electrons. The molecule has 0 amide bonds. The van der Waals surface area contributed by atoms with Gasteiger partial charge >= 0.3 is 0 Å². The summed E-state index contributed by atoms with van der Waals surface area (Å²) in [4.78, 5) is 4.24. The summed E-state index contributed by atoms with van der Waals surface area (Å²) in [6, 6.07) is 3.86. The van der Waals surface area contributed by atoms with Crippen molar-refractivity contribution >= 4 is 50.8 Å². The highest BCUT2D eigenvalue weighted by Gasteiger charge is 2.20. The number of anilines is 1. The summed E-state index contributed by atoms with van der Waals surface area (Å²) >= 11 is 15.4. The summed E-state index contributed by atoms with van der Waals surface area (Å²) in [6.07, 6.45) is 2.20. The van der Waals surface area contributed by atoms with Crippen LogP contribution in [-0.4, -0.2) is 12.0 Å². The molecule has 6 heteroatoms. The minimum absolute atomic E-state index is 0.355. The monoisotopic (exact) mass is 321 g/mol. The molecule has 0 unspecified atom stereocenters. The van der Waals surface area contributed by atoms with E-state index < -0.39 is 0 Å². The van der Waals surface area contributed by atoms with Gasteiger partial charge in [0.2, 0.25) is 0 Å². The summed E-state index contributed by atoms with van der Waals surface area (Å²) in [6.45, 7) is 0. The highest BCUT2D eigenvalue weighted by molar-refractivity contribution is 9.10. The predicted octanol–water partition coefficient (Wildman–Crippen LogP) is 3.64. The van der Waals surface area contributed by atoms with E-state index in [-0.39, 0.29) is 0 Å². The fraction of sp³-hybridized carbons (Fsp3) is 0.300. The molecule has 0 heterocycles. The van der Waals surface area contributed by atoms with Gasteiger partial charge in [-0.1, -0.05) is 39.1 Å². The molecule has 0 aromatic heterocycles. The van der Waals surface area contributed by atoms with Crippen LogP contribution in [0.3, 0.4) is 0 Å². The largest absolute Gasteiger partial charge is 0.370 e. The molecule has 86 valence electrons. The number of hydrogen-bond donors (Lipinski definition) is 2. The lowest BCUT2D eigenvalue weighted by Gasteiger charge is -2.10. The average molecular weight is 323 g/mol. The number of nitrogens with two attached hydrogens (primary N) is 1. The number of halogens is 3. The molecule has 1 aromatic carbocycles. The molecule has 1 saturated carbocycles. The lowest BCUT2D eigenvalue weighted by Crippen LogP contribution is -2.23. The lowest BCUT2D eigenvalue weighted by molar-refractivity contribution is 1.06. The van der Waals surface area contributed by atoms with Gasteiger partial charge in [0.15, 0.2) is 5.96 Å². The van der Waals surface area contributed by atoms with Crippen LogP contribution in [0.4, 0.5) is 5.69 Å². The van der Waals surface area contributed by atoms with Crippen LogP contribution in [0.2, 0.25) is 10.0 Å². The van der Waals surface area contributed by atoms with Crippen molar-refractivity contribution in [2.24, 2.45) is 10.7 Å². The van der Waals surface area contributed by atoms with Crippen molar-refractivity contribution in [1.82, 2.24) is 0 Å². The first-order chi connectivity index (χ1) is 7.56. The molecular formula is C10H10BrCl2N3. The van der Waals surface area contributed by atoms with Gasteiger partial charge in [-0.15, -0.1) is 0 Å². The standard InChI is InChI=1S/C10H10BrCl2N3/c11-5-3-7(12)9(8(13)4-5)16-10(14)15-6-1-2-6/h3-4,6H,1-2H2,(H3,14,15,16). The maximum Gasteiger partial charge on any atom is 0.193 e. The first kappa shape index (κ1) is 12.0. The van der Waals surface area contributed by atoms with Crippen LogP contribution in [0.15, 0.2) is 21.6 Å². The Kier molecular flexibility index (Phi) is 3.62. The smallest absolute Gasteiger partial charge is 0.193 e. The second-order valence-electron chi connectivity index (χ2n) is 3.61. The molecular weight excluding hydrogens is 313 g/mol. The topological polar surface area (TPSA) is 50.4 Å². The van der Waals surface area contributed by atoms with Gasteiger partial charge in [-0.25, -0.2) is 4.99 Å². The molecule has 1 fully saturated rings. The van der Waals surface area contributed by atoms with E-state index in [2.05, 4.69) is 26.2 Å². The van der Waals surface area contributed by atoms with Crippen LogP contribution in [0, 0.1) is 0 Å². The summed E-state index contributed by atoms with van der Waals surface area (Å²) < 4.78 is 0.825. The third kappa shape index (κ3) is 3.03. The maximum atomic E-state index is 6.04. The predicted molar refractivity (Wildman–Crippen MR) is 72.4 cm³/mol. The zero-order valence-electron chi connectivity index (χ0n) is 8.30. The Hall–Kier alpha value is -0.450. The number of benzene rings is 1. The van der Waals surface area contributed by atoms with E-state index in [0.29, 0.717) is 27.7 Å². The quantitative estimate of drug-likeness (QED) is 0.645. The SMILES string of the molecule is NC(=NC1CC1)Nc1c(Cl)cc(Br)cc1Cl. The molecule has 1 aliphatic carbocycles. The Balaban J connectivity index is 2.20. The van der Waals surface area contributed by atoms with Gasteiger partial charge in [0, 0.05) is 4.47 Å². The molecule has 0 bridgehead atoms. The molecule has 0 atom stereocenters. The van der Waals surface area contributed by atoms with Crippen LogP contribution >= 0.6 is 39.1 Å². The Bertz CT molecular complexity index is 421. The summed E-state index contributed by atoms with van der Waals surface area (Å²) in [5, 5.41) is 3.94. The third-order valence-corrected chi connectivity index (χ3v) is 3.18. The molecule has 1 aromatic rings. The van der Waals surface area contributed by atoms with Gasteiger partial charge in [0.25, 0.3) is 0 Å². The number of aliphatic imine (C=N–C) groups is 1. The van der Waals surface area contributed by atoms with Crippen molar-refractivity contribution in [3.8, 4) is 0 Å². The van der Waals surface area contributed by atoms with Gasteiger partial charge in [0.05, 0.1) is 21.8 Å². The minimum Gasteiger partial charge on any atom is -0.370 e. The number of nitrogens with one attached hydrogen (secondary N) is 1. The van der Waals surface area contributed by atoms with Crippen molar-refractivity contribution < 1.29 is 0 Å². The summed E-state index contributed by atoms with van der Waals surface area (Å²) in [7, 11) is 0. The Morgan fingerprint density at radius 3 is 2.44 bits per heavy atom. The van der Waals surface area contributed by atoms with Crippen molar-refractivity contribution in [2.45, 2.75) is 18.9 Å². The van der Waals surface area contributed by atoms with Gasteiger partial charge in [-0.05, 0) is 25.0 Å². The van der Waals surface area contributed by atoms with E-state index in [4.69, 9.17) is 28.9 Å². The minimum atomic E-state index is 0.355. The van der Waals surface area contributed by atoms with Crippen LogP contribution in [0.1, 0.15) is 12.8 Å². The second-order valence-corrected chi connectivity index (χ2v) is 5.35. The Morgan fingerprint density at radius 2 is 1.94 bits per heavy atom. The second kappa shape index (κ2) is 4.82. The molecule has 0 saturated heterocycles. The van der Waals surface area contributed by atoms with Gasteiger partial charge < -0.3 is 11.1 Å². The van der Waals surface area contributed by atoms with Crippen molar-refractivity contribution in [1.29, 1.82) is 0 Å². The first-order valence-electron chi connectivity index (χ1n) is 4.81.